The lowest BCUT2D eigenvalue weighted by Crippen LogP contribution is -2.21. The van der Waals surface area contributed by atoms with Gasteiger partial charge in [-0.25, -0.2) is 4.98 Å². The van der Waals surface area contributed by atoms with Crippen molar-refractivity contribution in [2.24, 2.45) is 0 Å². The minimum Gasteiger partial charge on any atom is -0.391 e. The zero-order valence-corrected chi connectivity index (χ0v) is 9.28. The summed E-state index contributed by atoms with van der Waals surface area (Å²) in [6.45, 7) is 1.45. The molecule has 0 spiro atoms. The third-order valence-corrected chi connectivity index (χ3v) is 3.06. The molecule has 2 aromatic rings. The summed E-state index contributed by atoms with van der Waals surface area (Å²) in [7, 11) is 0. The summed E-state index contributed by atoms with van der Waals surface area (Å²) in [6.07, 6.45) is 2.24. The van der Waals surface area contributed by atoms with Gasteiger partial charge in [0.2, 0.25) is 0 Å². The Labute approximate surface area is 97.0 Å². The second kappa shape index (κ2) is 3.61. The van der Waals surface area contributed by atoms with Gasteiger partial charge in [0.05, 0.1) is 17.0 Å². The normalized spacial score (nSPS) is 20.9. The van der Waals surface area contributed by atoms with E-state index in [4.69, 9.17) is 11.6 Å². The summed E-state index contributed by atoms with van der Waals surface area (Å²) in [6, 6.07) is 1.75. The number of H-pyrrole nitrogens is 1. The number of anilines is 1. The maximum absolute atomic E-state index is 9.50. The molecule has 3 heterocycles. The number of nitrogens with zero attached hydrogens (tertiary/aromatic N) is 3. The zero-order chi connectivity index (χ0) is 11.1. The van der Waals surface area contributed by atoms with Crippen LogP contribution in [0.3, 0.4) is 0 Å². The van der Waals surface area contributed by atoms with Gasteiger partial charge in [0.25, 0.3) is 0 Å². The molecule has 6 heteroatoms. The SMILES string of the molecule is OC1CCN(c2n[nH]c3cc(Cl)ncc23)C1. The van der Waals surface area contributed by atoms with Crippen molar-refractivity contribution in [3.8, 4) is 0 Å². The Balaban J connectivity index is 2.04. The summed E-state index contributed by atoms with van der Waals surface area (Å²) in [5, 5.41) is 18.1. The first-order valence-corrected chi connectivity index (χ1v) is 5.54. The number of aromatic amines is 1. The quantitative estimate of drug-likeness (QED) is 0.733. The lowest BCUT2D eigenvalue weighted by Gasteiger charge is -2.14. The molecule has 0 radical (unpaired) electrons. The van der Waals surface area contributed by atoms with Gasteiger partial charge in [-0.15, -0.1) is 0 Å². The highest BCUT2D eigenvalue weighted by atomic mass is 35.5. The Morgan fingerprint density at radius 1 is 1.56 bits per heavy atom. The van der Waals surface area contributed by atoms with Crippen molar-refractivity contribution in [1.82, 2.24) is 15.2 Å². The Kier molecular flexibility index (Phi) is 2.22. The molecule has 2 N–H and O–H groups in total. The van der Waals surface area contributed by atoms with Gasteiger partial charge in [0.1, 0.15) is 5.15 Å². The summed E-state index contributed by atoms with van der Waals surface area (Å²) < 4.78 is 0. The molecule has 0 saturated carbocycles. The fourth-order valence-electron chi connectivity index (χ4n) is 2.05. The molecule has 1 fully saturated rings. The molecule has 1 saturated heterocycles. The first kappa shape index (κ1) is 9.86. The summed E-state index contributed by atoms with van der Waals surface area (Å²) >= 11 is 5.80. The average Bonchev–Trinajstić information content (AvgIpc) is 2.83. The highest BCUT2D eigenvalue weighted by Crippen LogP contribution is 2.27. The van der Waals surface area contributed by atoms with E-state index in [0.717, 1.165) is 29.7 Å². The zero-order valence-electron chi connectivity index (χ0n) is 8.52. The molecule has 0 aliphatic carbocycles. The predicted molar refractivity (Wildman–Crippen MR) is 61.7 cm³/mol. The number of aliphatic hydroxyl groups excluding tert-OH is 1. The van der Waals surface area contributed by atoms with E-state index in [2.05, 4.69) is 20.1 Å². The predicted octanol–water partition coefficient (Wildman–Crippen LogP) is 1.18. The van der Waals surface area contributed by atoms with E-state index in [9.17, 15) is 5.11 Å². The van der Waals surface area contributed by atoms with Crippen LogP contribution in [0, 0.1) is 0 Å². The van der Waals surface area contributed by atoms with Crippen molar-refractivity contribution in [1.29, 1.82) is 0 Å². The van der Waals surface area contributed by atoms with E-state index in [1.165, 1.54) is 0 Å². The highest BCUT2D eigenvalue weighted by molar-refractivity contribution is 6.30. The van der Waals surface area contributed by atoms with Crippen molar-refractivity contribution >= 4 is 28.3 Å². The van der Waals surface area contributed by atoms with Gasteiger partial charge in [-0.3, -0.25) is 5.10 Å². The van der Waals surface area contributed by atoms with Crippen LogP contribution in [0.25, 0.3) is 10.9 Å². The van der Waals surface area contributed by atoms with Crippen LogP contribution in [0.5, 0.6) is 0 Å². The number of fused-ring (bicyclic) bond motifs is 1. The molecule has 2 aromatic heterocycles. The molecule has 16 heavy (non-hydrogen) atoms. The van der Waals surface area contributed by atoms with E-state index in [0.29, 0.717) is 11.7 Å². The lowest BCUT2D eigenvalue weighted by atomic mass is 10.3. The summed E-state index contributed by atoms with van der Waals surface area (Å²) in [5.41, 5.74) is 0.872. The number of nitrogens with one attached hydrogen (secondary N) is 1. The number of aromatic nitrogens is 3. The van der Waals surface area contributed by atoms with Gasteiger partial charge in [0.15, 0.2) is 5.82 Å². The smallest absolute Gasteiger partial charge is 0.159 e. The molecule has 0 aromatic carbocycles. The van der Waals surface area contributed by atoms with Gasteiger partial charge in [-0.05, 0) is 6.42 Å². The first-order valence-electron chi connectivity index (χ1n) is 5.16. The van der Waals surface area contributed by atoms with E-state index in [1.54, 1.807) is 12.3 Å². The number of halogens is 1. The van der Waals surface area contributed by atoms with E-state index in [1.807, 2.05) is 0 Å². The van der Waals surface area contributed by atoms with Crippen molar-refractivity contribution < 1.29 is 5.11 Å². The lowest BCUT2D eigenvalue weighted by molar-refractivity contribution is 0.198. The van der Waals surface area contributed by atoms with Crippen molar-refractivity contribution in [3.63, 3.8) is 0 Å². The Morgan fingerprint density at radius 3 is 3.19 bits per heavy atom. The number of rotatable bonds is 1. The molecular formula is C10H11ClN4O. The van der Waals surface area contributed by atoms with E-state index >= 15 is 0 Å². The van der Waals surface area contributed by atoms with Gasteiger partial charge in [-0.2, -0.15) is 5.10 Å². The highest BCUT2D eigenvalue weighted by Gasteiger charge is 2.23. The van der Waals surface area contributed by atoms with E-state index < -0.39 is 0 Å². The van der Waals surface area contributed by atoms with Crippen LogP contribution in [0.4, 0.5) is 5.82 Å². The van der Waals surface area contributed by atoms with E-state index in [-0.39, 0.29) is 6.10 Å². The van der Waals surface area contributed by atoms with Gasteiger partial charge in [0, 0.05) is 25.4 Å². The molecule has 0 bridgehead atoms. The second-order valence-corrected chi connectivity index (χ2v) is 4.38. The molecule has 5 nitrogen and oxygen atoms in total. The third-order valence-electron chi connectivity index (χ3n) is 2.86. The number of β-amino-alcohol motifs (C(OH)–C–C–N with tert-alkyl or cyclic N) is 1. The van der Waals surface area contributed by atoms with Crippen LogP contribution in [0.2, 0.25) is 5.15 Å². The fraction of sp³-hybridized carbons (Fsp3) is 0.400. The molecule has 1 aliphatic heterocycles. The minimum atomic E-state index is -0.257. The topological polar surface area (TPSA) is 65.0 Å². The minimum absolute atomic E-state index is 0.257. The van der Waals surface area contributed by atoms with Crippen LogP contribution in [0.15, 0.2) is 12.3 Å². The largest absolute Gasteiger partial charge is 0.391 e. The standard InChI is InChI=1S/C10H11ClN4O/c11-9-3-8-7(4-12-9)10(14-13-8)15-2-1-6(16)5-15/h3-4,6,16H,1-2,5H2,(H,13,14). The van der Waals surface area contributed by atoms with Gasteiger partial charge < -0.3 is 10.0 Å². The summed E-state index contributed by atoms with van der Waals surface area (Å²) in [5.74, 6) is 0.843. The van der Waals surface area contributed by atoms with Crippen LogP contribution in [-0.2, 0) is 0 Å². The molecule has 1 unspecified atom stereocenters. The Hall–Kier alpha value is -1.33. The molecule has 84 valence electrons. The Bertz CT molecular complexity index is 527. The van der Waals surface area contributed by atoms with Gasteiger partial charge >= 0.3 is 0 Å². The number of hydrogen-bond donors (Lipinski definition) is 2. The van der Waals surface area contributed by atoms with Crippen LogP contribution in [-0.4, -0.2) is 39.5 Å². The Morgan fingerprint density at radius 2 is 2.44 bits per heavy atom. The number of aliphatic hydroxyl groups is 1. The summed E-state index contributed by atoms with van der Waals surface area (Å²) in [4.78, 5) is 6.10. The second-order valence-electron chi connectivity index (χ2n) is 3.99. The van der Waals surface area contributed by atoms with Crippen molar-refractivity contribution in [2.45, 2.75) is 12.5 Å². The molecule has 3 rings (SSSR count). The first-order chi connectivity index (χ1) is 7.74. The maximum Gasteiger partial charge on any atom is 0.159 e. The van der Waals surface area contributed by atoms with Crippen LogP contribution < -0.4 is 4.90 Å². The van der Waals surface area contributed by atoms with Crippen molar-refractivity contribution in [3.05, 3.63) is 17.4 Å². The maximum atomic E-state index is 9.50. The molecular weight excluding hydrogens is 228 g/mol. The molecule has 1 aliphatic rings. The van der Waals surface area contributed by atoms with Crippen LogP contribution >= 0.6 is 11.6 Å². The molecule has 1 atom stereocenters. The third kappa shape index (κ3) is 1.52. The monoisotopic (exact) mass is 238 g/mol. The van der Waals surface area contributed by atoms with Crippen molar-refractivity contribution in [2.75, 3.05) is 18.0 Å². The number of pyridine rings is 1. The fourth-order valence-corrected chi connectivity index (χ4v) is 2.21. The van der Waals surface area contributed by atoms with Gasteiger partial charge in [-0.1, -0.05) is 11.6 Å². The molecule has 0 amide bonds. The average molecular weight is 239 g/mol. The van der Waals surface area contributed by atoms with Crippen LogP contribution in [0.1, 0.15) is 6.42 Å². The number of hydrogen-bond acceptors (Lipinski definition) is 4.